The number of unbranched alkanes of at least 4 members (excludes halogenated alkanes) is 5. The Morgan fingerprint density at radius 1 is 0.706 bits per heavy atom. The van der Waals surface area contributed by atoms with Crippen molar-refractivity contribution in [2.75, 3.05) is 13.2 Å². The molecule has 0 heterocycles. The van der Waals surface area contributed by atoms with Crippen molar-refractivity contribution < 1.29 is 36.5 Å². The lowest BCUT2D eigenvalue weighted by molar-refractivity contribution is -0.370. The second-order valence-electron chi connectivity index (χ2n) is 8.17. The summed E-state index contributed by atoms with van der Waals surface area (Å²) in [5.74, 6) is -12.5. The molecule has 0 aliphatic heterocycles. The monoisotopic (exact) mass is 488 g/mol. The quantitative estimate of drug-likeness (QED) is 0.0978. The van der Waals surface area contributed by atoms with Crippen molar-refractivity contribution >= 4 is 0 Å². The van der Waals surface area contributed by atoms with Crippen LogP contribution in [-0.4, -0.2) is 24.3 Å². The average molecular weight is 489 g/mol. The lowest BCUT2D eigenvalue weighted by atomic mass is 9.89. The first-order valence-corrected chi connectivity index (χ1v) is 11.8. The van der Waals surface area contributed by atoms with Crippen molar-refractivity contribution in [1.29, 1.82) is 0 Å². The van der Waals surface area contributed by atoms with Gasteiger partial charge < -0.3 is 14.6 Å². The second kappa shape index (κ2) is 13.2. The highest BCUT2D eigenvalue weighted by atomic mass is 19.2. The van der Waals surface area contributed by atoms with Crippen LogP contribution in [0.15, 0.2) is 24.3 Å². The van der Waals surface area contributed by atoms with Gasteiger partial charge in [-0.05, 0) is 31.4 Å². The van der Waals surface area contributed by atoms with Gasteiger partial charge in [-0.1, -0.05) is 69.7 Å². The van der Waals surface area contributed by atoms with E-state index in [4.69, 9.17) is 9.47 Å². The van der Waals surface area contributed by atoms with Crippen LogP contribution in [0.25, 0.3) is 11.1 Å². The van der Waals surface area contributed by atoms with E-state index in [1.165, 1.54) is 24.3 Å². The molecule has 8 heteroatoms. The third-order valence-electron chi connectivity index (χ3n) is 5.80. The highest BCUT2D eigenvalue weighted by Gasteiger charge is 2.39. The van der Waals surface area contributed by atoms with Gasteiger partial charge in [0.05, 0.1) is 11.5 Å². The molecule has 34 heavy (non-hydrogen) atoms. The Kier molecular flexibility index (Phi) is 10.9. The maximum Gasteiger partial charge on any atom is 0.287 e. The lowest BCUT2D eigenvalue weighted by Crippen LogP contribution is -2.42. The Bertz CT molecular complexity index is 883. The zero-order chi connectivity index (χ0) is 25.3. The molecule has 0 bridgehead atoms. The summed E-state index contributed by atoms with van der Waals surface area (Å²) in [6, 6.07) is 5.50. The van der Waals surface area contributed by atoms with E-state index in [0.29, 0.717) is 12.0 Å². The molecular formula is C26H33F5O3. The molecule has 0 saturated carbocycles. The van der Waals surface area contributed by atoms with Crippen LogP contribution in [0.4, 0.5) is 22.0 Å². The largest absolute Gasteiger partial charge is 0.343 e. The van der Waals surface area contributed by atoms with E-state index in [-0.39, 0.29) is 18.8 Å². The van der Waals surface area contributed by atoms with Crippen LogP contribution in [0.2, 0.25) is 0 Å². The first-order chi connectivity index (χ1) is 16.2. The molecule has 0 radical (unpaired) electrons. The fraction of sp³-hybridized carbons (Fsp3) is 0.538. The summed E-state index contributed by atoms with van der Waals surface area (Å²) in [5, 5.41) is 11.1. The summed E-state index contributed by atoms with van der Waals surface area (Å²) >= 11 is 0. The highest BCUT2D eigenvalue weighted by molar-refractivity contribution is 5.65. The Morgan fingerprint density at radius 3 is 1.68 bits per heavy atom. The predicted molar refractivity (Wildman–Crippen MR) is 121 cm³/mol. The van der Waals surface area contributed by atoms with Crippen LogP contribution in [0.5, 0.6) is 0 Å². The number of benzene rings is 2. The van der Waals surface area contributed by atoms with Crippen molar-refractivity contribution in [3.63, 3.8) is 0 Å². The number of halogens is 5. The lowest BCUT2D eigenvalue weighted by Gasteiger charge is -2.35. The van der Waals surface area contributed by atoms with Crippen LogP contribution in [0.3, 0.4) is 0 Å². The average Bonchev–Trinajstić information content (AvgIpc) is 2.82. The summed E-state index contributed by atoms with van der Waals surface area (Å²) in [6.45, 7) is 5.95. The molecule has 0 spiro atoms. The topological polar surface area (TPSA) is 38.7 Å². The smallest absolute Gasteiger partial charge is 0.287 e. The van der Waals surface area contributed by atoms with Gasteiger partial charge in [0.25, 0.3) is 5.97 Å². The highest BCUT2D eigenvalue weighted by Crippen LogP contribution is 2.38. The zero-order valence-corrected chi connectivity index (χ0v) is 19.9. The molecule has 0 saturated heterocycles. The van der Waals surface area contributed by atoms with Crippen molar-refractivity contribution in [1.82, 2.24) is 0 Å². The number of aliphatic hydroxyl groups is 1. The third kappa shape index (κ3) is 6.55. The first kappa shape index (κ1) is 28.2. The molecule has 2 aromatic rings. The minimum atomic E-state index is -2.20. The van der Waals surface area contributed by atoms with Crippen LogP contribution in [0, 0.1) is 29.1 Å². The summed E-state index contributed by atoms with van der Waals surface area (Å²) < 4.78 is 80.2. The van der Waals surface area contributed by atoms with E-state index in [2.05, 4.69) is 6.92 Å². The number of rotatable bonds is 14. The fourth-order valence-corrected chi connectivity index (χ4v) is 4.09. The molecule has 1 atom stereocenters. The minimum absolute atomic E-state index is 0.175. The van der Waals surface area contributed by atoms with E-state index in [0.717, 1.165) is 38.5 Å². The van der Waals surface area contributed by atoms with Crippen molar-refractivity contribution in [3.05, 3.63) is 58.9 Å². The van der Waals surface area contributed by atoms with Crippen LogP contribution >= 0.6 is 0 Å². The molecule has 0 amide bonds. The molecule has 190 valence electrons. The minimum Gasteiger partial charge on any atom is -0.343 e. The molecule has 2 rings (SSSR count). The number of hydrogen-bond donors (Lipinski definition) is 1. The molecular weight excluding hydrogens is 455 g/mol. The van der Waals surface area contributed by atoms with Crippen molar-refractivity contribution in [2.24, 2.45) is 0 Å². The molecule has 1 N–H and O–H groups in total. The molecule has 3 nitrogen and oxygen atoms in total. The maximum atomic E-state index is 14.2. The third-order valence-corrected chi connectivity index (χ3v) is 5.80. The maximum absolute atomic E-state index is 14.2. The van der Waals surface area contributed by atoms with E-state index < -0.39 is 46.5 Å². The van der Waals surface area contributed by atoms with Crippen molar-refractivity contribution in [3.8, 4) is 11.1 Å². The van der Waals surface area contributed by atoms with Gasteiger partial charge in [-0.3, -0.25) is 0 Å². The molecule has 0 aromatic heterocycles. The molecule has 0 aliphatic carbocycles. The molecule has 2 aromatic carbocycles. The zero-order valence-electron chi connectivity index (χ0n) is 19.9. The SMILES string of the molecule is CCCCCCCCC(c1ccc(-c2c(F)c(F)c(F)c(F)c2F)cc1)C(O)(OCC)OCC. The summed E-state index contributed by atoms with van der Waals surface area (Å²) in [6.07, 6.45) is 6.73. The van der Waals surface area contributed by atoms with Crippen LogP contribution in [-0.2, 0) is 9.47 Å². The normalized spacial score (nSPS) is 12.9. The Morgan fingerprint density at radius 2 is 1.18 bits per heavy atom. The van der Waals surface area contributed by atoms with Gasteiger partial charge >= 0.3 is 0 Å². The van der Waals surface area contributed by atoms with E-state index in [1.807, 2.05) is 0 Å². The summed E-state index contributed by atoms with van der Waals surface area (Å²) in [4.78, 5) is 0. The molecule has 1 unspecified atom stereocenters. The van der Waals surface area contributed by atoms with Gasteiger partial charge in [-0.15, -0.1) is 0 Å². The molecule has 0 aliphatic rings. The molecule has 0 fully saturated rings. The van der Waals surface area contributed by atoms with Crippen LogP contribution in [0.1, 0.15) is 77.2 Å². The standard InChI is InChI=1S/C26H33F5O3/c1-4-7-8-9-10-11-12-19(26(32,33-5-2)34-6-3)17-13-15-18(16-14-17)20-21(27)23(29)25(31)24(30)22(20)28/h13-16,19,32H,4-12H2,1-3H3. The van der Waals surface area contributed by atoms with Crippen LogP contribution < -0.4 is 0 Å². The Balaban J connectivity index is 2.37. The van der Waals surface area contributed by atoms with Gasteiger partial charge in [0.15, 0.2) is 23.3 Å². The van der Waals surface area contributed by atoms with Crippen molar-refractivity contribution in [2.45, 2.75) is 77.6 Å². The number of hydrogen-bond acceptors (Lipinski definition) is 3. The van der Waals surface area contributed by atoms with Gasteiger partial charge in [-0.2, -0.15) is 0 Å². The first-order valence-electron chi connectivity index (χ1n) is 11.8. The number of ether oxygens (including phenoxy) is 2. The predicted octanol–water partition coefficient (Wildman–Crippen LogP) is 7.60. The second-order valence-corrected chi connectivity index (χ2v) is 8.17. The Hall–Kier alpha value is -2.03. The van der Waals surface area contributed by atoms with Gasteiger partial charge in [0.2, 0.25) is 5.82 Å². The van der Waals surface area contributed by atoms with E-state index >= 15 is 0 Å². The van der Waals surface area contributed by atoms with E-state index in [1.54, 1.807) is 13.8 Å². The Labute approximate surface area is 197 Å². The summed E-state index contributed by atoms with van der Waals surface area (Å²) in [7, 11) is 0. The summed E-state index contributed by atoms with van der Waals surface area (Å²) in [5.41, 5.74) is -0.614. The fourth-order valence-electron chi connectivity index (χ4n) is 4.09. The van der Waals surface area contributed by atoms with Gasteiger partial charge in [0.1, 0.15) is 0 Å². The van der Waals surface area contributed by atoms with Gasteiger partial charge in [-0.25, -0.2) is 22.0 Å². The van der Waals surface area contributed by atoms with Gasteiger partial charge in [0, 0.05) is 13.2 Å². The van der Waals surface area contributed by atoms with E-state index in [9.17, 15) is 27.1 Å².